The van der Waals surface area contributed by atoms with Gasteiger partial charge in [-0.05, 0) is 24.6 Å². The predicted octanol–water partition coefficient (Wildman–Crippen LogP) is -0.415. The van der Waals surface area contributed by atoms with Crippen molar-refractivity contribution in [1.82, 2.24) is 4.72 Å². The maximum Gasteiger partial charge on any atom is 0.241 e. The Morgan fingerprint density at radius 2 is 1.90 bits per heavy atom. The first kappa shape index (κ1) is 16.6. The average Bonchev–Trinajstić information content (AvgIpc) is 2.37. The molecule has 1 aromatic carbocycles. The Hall–Kier alpha value is -1.48. The average molecular weight is 302 g/mol. The van der Waals surface area contributed by atoms with Gasteiger partial charge >= 0.3 is 0 Å². The fourth-order valence-electron chi connectivity index (χ4n) is 1.59. The third-order valence-corrected chi connectivity index (χ3v) is 4.22. The number of amides is 1. The Kier molecular flexibility index (Phi) is 5.63. The second kappa shape index (κ2) is 6.80. The molecule has 0 saturated heterocycles. The number of aliphatic hydroxyl groups excluding tert-OH is 2. The summed E-state index contributed by atoms with van der Waals surface area (Å²) in [6, 6.07) is 3.51. The van der Waals surface area contributed by atoms with Crippen LogP contribution >= 0.6 is 0 Å². The first-order valence-electron chi connectivity index (χ1n) is 5.92. The number of aryl methyl sites for hydroxylation is 1. The molecule has 0 saturated carbocycles. The van der Waals surface area contributed by atoms with E-state index >= 15 is 0 Å². The highest BCUT2D eigenvalue weighted by molar-refractivity contribution is 7.89. The molecule has 1 amide bonds. The topological polar surface area (TPSA) is 116 Å². The lowest BCUT2D eigenvalue weighted by atomic mass is 10.2. The van der Waals surface area contributed by atoms with Gasteiger partial charge in [0.05, 0.1) is 24.2 Å². The summed E-state index contributed by atoms with van der Waals surface area (Å²) < 4.78 is 26.5. The molecular weight excluding hydrogens is 284 g/mol. The number of carbonyl (C=O) groups is 1. The van der Waals surface area contributed by atoms with Crippen molar-refractivity contribution in [3.63, 3.8) is 0 Å². The van der Waals surface area contributed by atoms with Crippen molar-refractivity contribution in [1.29, 1.82) is 0 Å². The van der Waals surface area contributed by atoms with Crippen LogP contribution in [0.5, 0.6) is 0 Å². The van der Waals surface area contributed by atoms with Gasteiger partial charge in [-0.2, -0.15) is 0 Å². The van der Waals surface area contributed by atoms with Gasteiger partial charge in [-0.1, -0.05) is 6.07 Å². The van der Waals surface area contributed by atoms with Crippen molar-refractivity contribution in [3.05, 3.63) is 23.8 Å². The van der Waals surface area contributed by atoms with Crippen LogP contribution in [-0.2, 0) is 14.8 Å². The molecule has 0 aliphatic carbocycles. The summed E-state index contributed by atoms with van der Waals surface area (Å²) in [4.78, 5) is 11.0. The van der Waals surface area contributed by atoms with E-state index in [0.717, 1.165) is 0 Å². The number of carbonyl (C=O) groups excluding carboxylic acids is 1. The normalized spacial score (nSPS) is 11.7. The standard InChI is InChI=1S/C12H18N2O5S/c1-8-3-4-10(13-9(2)17)5-12(8)20(18,19)14-11(6-15)7-16/h3-5,11,14-16H,6-7H2,1-2H3,(H,13,17). The van der Waals surface area contributed by atoms with E-state index in [0.29, 0.717) is 11.3 Å². The number of sulfonamides is 1. The Morgan fingerprint density at radius 1 is 1.30 bits per heavy atom. The zero-order valence-electron chi connectivity index (χ0n) is 11.3. The summed E-state index contributed by atoms with van der Waals surface area (Å²) in [5.41, 5.74) is 0.842. The molecule has 0 atom stereocenters. The minimum atomic E-state index is -3.89. The number of anilines is 1. The Morgan fingerprint density at radius 3 is 2.40 bits per heavy atom. The molecule has 4 N–H and O–H groups in total. The lowest BCUT2D eigenvalue weighted by Crippen LogP contribution is -2.40. The summed E-state index contributed by atoms with van der Waals surface area (Å²) in [6.07, 6.45) is 0. The monoisotopic (exact) mass is 302 g/mol. The van der Waals surface area contributed by atoms with Crippen LogP contribution in [0.15, 0.2) is 23.1 Å². The molecule has 0 spiro atoms. The van der Waals surface area contributed by atoms with Gasteiger partial charge in [0.2, 0.25) is 15.9 Å². The minimum Gasteiger partial charge on any atom is -0.395 e. The fourth-order valence-corrected chi connectivity index (χ4v) is 3.07. The molecule has 0 radical (unpaired) electrons. The zero-order valence-corrected chi connectivity index (χ0v) is 12.1. The molecule has 0 aromatic heterocycles. The molecule has 0 bridgehead atoms. The van der Waals surface area contributed by atoms with Crippen LogP contribution in [-0.4, -0.2) is 43.8 Å². The first-order chi connectivity index (χ1) is 9.30. The van der Waals surface area contributed by atoms with Gasteiger partial charge in [-0.15, -0.1) is 0 Å². The molecule has 0 fully saturated rings. The second-order valence-electron chi connectivity index (χ2n) is 4.34. The molecule has 0 heterocycles. The van der Waals surface area contributed by atoms with Crippen LogP contribution in [0.25, 0.3) is 0 Å². The van der Waals surface area contributed by atoms with Crippen molar-refractivity contribution in [3.8, 4) is 0 Å². The largest absolute Gasteiger partial charge is 0.395 e. The van der Waals surface area contributed by atoms with Gasteiger partial charge < -0.3 is 15.5 Å². The van der Waals surface area contributed by atoms with E-state index in [9.17, 15) is 13.2 Å². The van der Waals surface area contributed by atoms with E-state index in [2.05, 4.69) is 10.0 Å². The summed E-state index contributed by atoms with van der Waals surface area (Å²) in [5.74, 6) is -0.311. The molecule has 0 aliphatic rings. The van der Waals surface area contributed by atoms with E-state index in [1.54, 1.807) is 19.1 Å². The molecule has 0 unspecified atom stereocenters. The SMILES string of the molecule is CC(=O)Nc1ccc(C)c(S(=O)(=O)NC(CO)CO)c1. The van der Waals surface area contributed by atoms with Crippen molar-refractivity contribution in [2.45, 2.75) is 24.8 Å². The van der Waals surface area contributed by atoms with E-state index in [1.807, 2.05) is 0 Å². The molecule has 20 heavy (non-hydrogen) atoms. The van der Waals surface area contributed by atoms with Gasteiger partial charge in [0.25, 0.3) is 0 Å². The number of rotatable bonds is 6. The molecule has 1 aromatic rings. The van der Waals surface area contributed by atoms with Gasteiger partial charge in [0.15, 0.2) is 0 Å². The Labute approximate surface area is 117 Å². The summed E-state index contributed by atoms with van der Waals surface area (Å²) in [6.45, 7) is 1.90. The highest BCUT2D eigenvalue weighted by Crippen LogP contribution is 2.20. The quantitative estimate of drug-likeness (QED) is 0.570. The smallest absolute Gasteiger partial charge is 0.241 e. The predicted molar refractivity (Wildman–Crippen MR) is 73.8 cm³/mol. The molecule has 0 aliphatic heterocycles. The van der Waals surface area contributed by atoms with Crippen molar-refractivity contribution >= 4 is 21.6 Å². The maximum absolute atomic E-state index is 12.2. The number of hydrogen-bond donors (Lipinski definition) is 4. The van der Waals surface area contributed by atoms with Crippen LogP contribution in [0, 0.1) is 6.92 Å². The summed E-state index contributed by atoms with van der Waals surface area (Å²) >= 11 is 0. The van der Waals surface area contributed by atoms with Crippen LogP contribution < -0.4 is 10.0 Å². The van der Waals surface area contributed by atoms with Gasteiger partial charge in [0.1, 0.15) is 0 Å². The first-order valence-corrected chi connectivity index (χ1v) is 7.40. The zero-order chi connectivity index (χ0) is 15.3. The summed E-state index contributed by atoms with van der Waals surface area (Å²) in [5, 5.41) is 20.4. The maximum atomic E-state index is 12.2. The van der Waals surface area contributed by atoms with Crippen molar-refractivity contribution in [2.24, 2.45) is 0 Å². The second-order valence-corrected chi connectivity index (χ2v) is 6.03. The lowest BCUT2D eigenvalue weighted by molar-refractivity contribution is -0.114. The Balaban J connectivity index is 3.13. The highest BCUT2D eigenvalue weighted by atomic mass is 32.2. The van der Waals surface area contributed by atoms with Gasteiger partial charge in [-0.25, -0.2) is 13.1 Å². The Bertz CT molecular complexity index is 582. The molecular formula is C12H18N2O5S. The number of hydrogen-bond acceptors (Lipinski definition) is 5. The third kappa shape index (κ3) is 4.27. The van der Waals surface area contributed by atoms with Crippen molar-refractivity contribution < 1.29 is 23.4 Å². The molecule has 1 rings (SSSR count). The van der Waals surface area contributed by atoms with E-state index in [-0.39, 0.29) is 10.8 Å². The third-order valence-electron chi connectivity index (χ3n) is 2.56. The summed E-state index contributed by atoms with van der Waals surface area (Å²) in [7, 11) is -3.89. The van der Waals surface area contributed by atoms with Gasteiger partial charge in [-0.3, -0.25) is 4.79 Å². The van der Waals surface area contributed by atoms with Crippen LogP contribution in [0.2, 0.25) is 0 Å². The number of nitrogens with one attached hydrogen (secondary N) is 2. The molecule has 112 valence electrons. The van der Waals surface area contributed by atoms with Crippen LogP contribution in [0.1, 0.15) is 12.5 Å². The van der Waals surface area contributed by atoms with E-state index < -0.39 is 29.3 Å². The number of aliphatic hydroxyl groups is 2. The molecule has 7 nitrogen and oxygen atoms in total. The van der Waals surface area contributed by atoms with E-state index in [1.165, 1.54) is 13.0 Å². The van der Waals surface area contributed by atoms with Crippen molar-refractivity contribution in [2.75, 3.05) is 18.5 Å². The highest BCUT2D eigenvalue weighted by Gasteiger charge is 2.21. The van der Waals surface area contributed by atoms with Crippen LogP contribution in [0.3, 0.4) is 0 Å². The fraction of sp³-hybridized carbons (Fsp3) is 0.417. The van der Waals surface area contributed by atoms with Crippen LogP contribution in [0.4, 0.5) is 5.69 Å². The number of benzene rings is 1. The lowest BCUT2D eigenvalue weighted by Gasteiger charge is -2.16. The molecule has 8 heteroatoms. The van der Waals surface area contributed by atoms with Gasteiger partial charge in [0, 0.05) is 12.6 Å². The minimum absolute atomic E-state index is 0.0179. The van der Waals surface area contributed by atoms with E-state index in [4.69, 9.17) is 10.2 Å².